The molecule has 1 aromatic carbocycles. The van der Waals surface area contributed by atoms with Crippen molar-refractivity contribution in [1.82, 2.24) is 15.5 Å². The Hall–Kier alpha value is -0.890. The van der Waals surface area contributed by atoms with Crippen LogP contribution in [0.1, 0.15) is 45.1 Å². The van der Waals surface area contributed by atoms with Crippen molar-refractivity contribution in [2.45, 2.75) is 57.0 Å². The predicted octanol–water partition coefficient (Wildman–Crippen LogP) is 3.51. The van der Waals surface area contributed by atoms with E-state index in [1.807, 2.05) is 13.1 Å². The van der Waals surface area contributed by atoms with E-state index in [0.29, 0.717) is 12.6 Å². The van der Waals surface area contributed by atoms with E-state index >= 15 is 0 Å². The lowest BCUT2D eigenvalue weighted by molar-refractivity contribution is 0.197. The fourth-order valence-electron chi connectivity index (χ4n) is 3.55. The molecule has 1 aliphatic carbocycles. The van der Waals surface area contributed by atoms with Gasteiger partial charge in [0, 0.05) is 44.2 Å². The van der Waals surface area contributed by atoms with Gasteiger partial charge in [0.1, 0.15) is 5.82 Å². The summed E-state index contributed by atoms with van der Waals surface area (Å²) < 4.78 is 13.5. The van der Waals surface area contributed by atoms with Gasteiger partial charge in [0.15, 0.2) is 5.96 Å². The molecule has 1 heterocycles. The van der Waals surface area contributed by atoms with Crippen molar-refractivity contribution in [2.24, 2.45) is 4.99 Å². The second kappa shape index (κ2) is 9.35. The van der Waals surface area contributed by atoms with E-state index in [0.717, 1.165) is 17.6 Å². The van der Waals surface area contributed by atoms with Gasteiger partial charge in [-0.05, 0) is 43.4 Å². The maximum atomic E-state index is 13.5. The summed E-state index contributed by atoms with van der Waals surface area (Å²) in [7, 11) is 1.81. The first kappa shape index (κ1) is 21.4. The number of rotatable bonds is 5. The molecular formula is C20H32FIN4. The highest BCUT2D eigenvalue weighted by Gasteiger charge is 2.32. The van der Waals surface area contributed by atoms with Crippen LogP contribution in [0, 0.1) is 5.82 Å². The Bertz CT molecular complexity index is 608. The number of aliphatic imine (C=N–C) groups is 1. The number of likely N-dealkylation sites (tertiary alicyclic amines) is 1. The van der Waals surface area contributed by atoms with Crippen LogP contribution in [0.4, 0.5) is 4.39 Å². The minimum absolute atomic E-state index is 0. The molecule has 0 amide bonds. The van der Waals surface area contributed by atoms with E-state index in [1.165, 1.54) is 44.8 Å². The van der Waals surface area contributed by atoms with Gasteiger partial charge in [0.25, 0.3) is 0 Å². The molecule has 2 fully saturated rings. The van der Waals surface area contributed by atoms with Gasteiger partial charge in [0.05, 0.1) is 0 Å². The molecule has 6 heteroatoms. The molecule has 0 spiro atoms. The van der Waals surface area contributed by atoms with Gasteiger partial charge >= 0.3 is 0 Å². The molecule has 1 aromatic rings. The van der Waals surface area contributed by atoms with Gasteiger partial charge in [-0.3, -0.25) is 4.99 Å². The van der Waals surface area contributed by atoms with Gasteiger partial charge in [0.2, 0.25) is 0 Å². The second-order valence-corrected chi connectivity index (χ2v) is 8.01. The maximum Gasteiger partial charge on any atom is 0.191 e. The Kier molecular flexibility index (Phi) is 7.70. The van der Waals surface area contributed by atoms with E-state index in [2.05, 4.69) is 34.4 Å². The summed E-state index contributed by atoms with van der Waals surface area (Å²) >= 11 is 0. The molecule has 0 radical (unpaired) electrons. The van der Waals surface area contributed by atoms with Crippen molar-refractivity contribution < 1.29 is 4.39 Å². The van der Waals surface area contributed by atoms with Crippen LogP contribution in [0.2, 0.25) is 0 Å². The Balaban J connectivity index is 0.00000243. The molecule has 0 unspecified atom stereocenters. The van der Waals surface area contributed by atoms with E-state index in [9.17, 15) is 4.39 Å². The van der Waals surface area contributed by atoms with Gasteiger partial charge < -0.3 is 15.5 Å². The standard InChI is InChI=1S/C20H31FN4.HI/c1-20(2,15-5-4-6-16(21)13-15)14-23-19(22-3)24-17-9-11-25(12-10-17)18-7-8-18;/h4-6,13,17-18H,7-12,14H2,1-3H3,(H2,22,23,24);1H. The lowest BCUT2D eigenvalue weighted by Gasteiger charge is -2.34. The number of nitrogens with one attached hydrogen (secondary N) is 2. The van der Waals surface area contributed by atoms with Crippen LogP contribution in [0.25, 0.3) is 0 Å². The highest BCUT2D eigenvalue weighted by molar-refractivity contribution is 14.0. The van der Waals surface area contributed by atoms with Crippen LogP contribution in [-0.2, 0) is 5.41 Å². The third-order valence-electron chi connectivity index (χ3n) is 5.46. The predicted molar refractivity (Wildman–Crippen MR) is 117 cm³/mol. The molecule has 146 valence electrons. The Morgan fingerprint density at radius 1 is 1.23 bits per heavy atom. The molecule has 26 heavy (non-hydrogen) atoms. The lowest BCUT2D eigenvalue weighted by atomic mass is 9.84. The minimum atomic E-state index is -0.185. The zero-order valence-electron chi connectivity index (χ0n) is 16.1. The first-order valence-corrected chi connectivity index (χ1v) is 9.45. The number of nitrogens with zero attached hydrogens (tertiary/aromatic N) is 2. The average molecular weight is 474 g/mol. The number of halogens is 2. The summed E-state index contributed by atoms with van der Waals surface area (Å²) in [6, 6.07) is 8.21. The highest BCUT2D eigenvalue weighted by atomic mass is 127. The average Bonchev–Trinajstić information content (AvgIpc) is 3.44. The summed E-state index contributed by atoms with van der Waals surface area (Å²) in [4.78, 5) is 7.00. The van der Waals surface area contributed by atoms with E-state index in [1.54, 1.807) is 12.1 Å². The van der Waals surface area contributed by atoms with Crippen molar-refractivity contribution >= 4 is 29.9 Å². The molecular weight excluding hydrogens is 442 g/mol. The van der Waals surface area contributed by atoms with Crippen LogP contribution in [-0.4, -0.2) is 49.6 Å². The molecule has 0 atom stereocenters. The summed E-state index contributed by atoms with van der Waals surface area (Å²) in [5.41, 5.74) is 0.822. The van der Waals surface area contributed by atoms with Crippen molar-refractivity contribution in [1.29, 1.82) is 0 Å². The topological polar surface area (TPSA) is 39.7 Å². The number of benzene rings is 1. The fourth-order valence-corrected chi connectivity index (χ4v) is 3.55. The van der Waals surface area contributed by atoms with Crippen LogP contribution in [0.3, 0.4) is 0 Å². The largest absolute Gasteiger partial charge is 0.356 e. The number of hydrogen-bond acceptors (Lipinski definition) is 2. The van der Waals surface area contributed by atoms with E-state index in [4.69, 9.17) is 0 Å². The van der Waals surface area contributed by atoms with Gasteiger partial charge in [-0.25, -0.2) is 4.39 Å². The molecule has 3 rings (SSSR count). The second-order valence-electron chi connectivity index (χ2n) is 8.01. The van der Waals surface area contributed by atoms with Gasteiger partial charge in [-0.2, -0.15) is 0 Å². The quantitative estimate of drug-likeness (QED) is 0.390. The molecule has 0 aromatic heterocycles. The number of guanidine groups is 1. The molecule has 1 saturated carbocycles. The Morgan fingerprint density at radius 3 is 2.50 bits per heavy atom. The first-order valence-electron chi connectivity index (χ1n) is 9.45. The third-order valence-corrected chi connectivity index (χ3v) is 5.46. The highest BCUT2D eigenvalue weighted by Crippen LogP contribution is 2.29. The molecule has 4 nitrogen and oxygen atoms in total. The SMILES string of the molecule is CN=C(NCC(C)(C)c1cccc(F)c1)NC1CCN(C2CC2)CC1.I. The van der Waals surface area contributed by atoms with E-state index in [-0.39, 0.29) is 35.2 Å². The number of hydrogen-bond donors (Lipinski definition) is 2. The minimum Gasteiger partial charge on any atom is -0.356 e. The first-order chi connectivity index (χ1) is 12.0. The molecule has 1 aliphatic heterocycles. The van der Waals surface area contributed by atoms with Gasteiger partial charge in [-0.1, -0.05) is 26.0 Å². The van der Waals surface area contributed by atoms with Crippen molar-refractivity contribution in [3.8, 4) is 0 Å². The zero-order valence-corrected chi connectivity index (χ0v) is 18.4. The Labute approximate surface area is 174 Å². The zero-order chi connectivity index (χ0) is 17.9. The number of piperidine rings is 1. The van der Waals surface area contributed by atoms with Crippen LogP contribution >= 0.6 is 24.0 Å². The normalized spacial score (nSPS) is 19.8. The summed E-state index contributed by atoms with van der Waals surface area (Å²) in [5, 5.41) is 6.98. The summed E-state index contributed by atoms with van der Waals surface area (Å²) in [6.45, 7) is 7.33. The molecule has 2 N–H and O–H groups in total. The molecule has 1 saturated heterocycles. The van der Waals surface area contributed by atoms with Crippen molar-refractivity contribution in [3.63, 3.8) is 0 Å². The van der Waals surface area contributed by atoms with Crippen LogP contribution < -0.4 is 10.6 Å². The van der Waals surface area contributed by atoms with E-state index < -0.39 is 0 Å². The fraction of sp³-hybridized carbons (Fsp3) is 0.650. The molecule has 2 aliphatic rings. The molecule has 0 bridgehead atoms. The van der Waals surface area contributed by atoms with Crippen LogP contribution in [0.15, 0.2) is 29.3 Å². The van der Waals surface area contributed by atoms with Gasteiger partial charge in [-0.15, -0.1) is 24.0 Å². The monoisotopic (exact) mass is 474 g/mol. The lowest BCUT2D eigenvalue weighted by Crippen LogP contribution is -2.50. The smallest absolute Gasteiger partial charge is 0.191 e. The maximum absolute atomic E-state index is 13.5. The summed E-state index contributed by atoms with van der Waals surface area (Å²) in [6.07, 6.45) is 5.11. The van der Waals surface area contributed by atoms with Crippen molar-refractivity contribution in [3.05, 3.63) is 35.6 Å². The summed E-state index contributed by atoms with van der Waals surface area (Å²) in [5.74, 6) is 0.657. The Morgan fingerprint density at radius 2 is 1.92 bits per heavy atom. The van der Waals surface area contributed by atoms with Crippen LogP contribution in [0.5, 0.6) is 0 Å². The van der Waals surface area contributed by atoms with Crippen molar-refractivity contribution in [2.75, 3.05) is 26.7 Å². The third kappa shape index (κ3) is 5.81.